The topological polar surface area (TPSA) is 73.3 Å². The van der Waals surface area contributed by atoms with Crippen molar-refractivity contribution in [1.29, 1.82) is 5.41 Å². The highest BCUT2D eigenvalue weighted by Crippen LogP contribution is 2.22. The number of hydrogen-bond donors (Lipinski definition) is 3. The van der Waals surface area contributed by atoms with Crippen LogP contribution in [0.1, 0.15) is 25.8 Å². The van der Waals surface area contributed by atoms with E-state index in [-0.39, 0.29) is 12.4 Å². The summed E-state index contributed by atoms with van der Waals surface area (Å²) in [5.74, 6) is 0.0789. The van der Waals surface area contributed by atoms with Gasteiger partial charge in [0, 0.05) is 30.4 Å². The molecule has 0 aromatic heterocycles. The SMILES string of the molecule is CC(C)N(CCCO)c1ccccc1C(=N)N. The second kappa shape index (κ2) is 6.25. The van der Waals surface area contributed by atoms with Crippen molar-refractivity contribution in [2.24, 2.45) is 5.73 Å². The first-order chi connectivity index (χ1) is 8.07. The molecule has 0 aliphatic carbocycles. The molecule has 0 atom stereocenters. The summed E-state index contributed by atoms with van der Waals surface area (Å²) >= 11 is 0. The molecule has 0 saturated carbocycles. The minimum Gasteiger partial charge on any atom is -0.396 e. The molecular formula is C13H21N3O. The van der Waals surface area contributed by atoms with Crippen LogP contribution in [0.15, 0.2) is 24.3 Å². The van der Waals surface area contributed by atoms with Gasteiger partial charge < -0.3 is 15.7 Å². The van der Waals surface area contributed by atoms with Gasteiger partial charge in [-0.3, -0.25) is 5.41 Å². The molecule has 0 bridgehead atoms. The van der Waals surface area contributed by atoms with E-state index < -0.39 is 0 Å². The Morgan fingerprint density at radius 3 is 2.59 bits per heavy atom. The fraction of sp³-hybridized carbons (Fsp3) is 0.462. The van der Waals surface area contributed by atoms with Crippen LogP contribution >= 0.6 is 0 Å². The van der Waals surface area contributed by atoms with Crippen LogP contribution < -0.4 is 10.6 Å². The largest absolute Gasteiger partial charge is 0.396 e. The number of hydrogen-bond acceptors (Lipinski definition) is 3. The van der Waals surface area contributed by atoms with Gasteiger partial charge in [0.2, 0.25) is 0 Å². The number of aliphatic hydroxyl groups excluding tert-OH is 1. The van der Waals surface area contributed by atoms with E-state index in [0.717, 1.165) is 17.8 Å². The van der Waals surface area contributed by atoms with Gasteiger partial charge in [-0.05, 0) is 32.4 Å². The van der Waals surface area contributed by atoms with Gasteiger partial charge in [0.25, 0.3) is 0 Å². The number of nitrogens with one attached hydrogen (secondary N) is 1. The van der Waals surface area contributed by atoms with E-state index in [2.05, 4.69) is 18.7 Å². The summed E-state index contributed by atoms with van der Waals surface area (Å²) in [7, 11) is 0. The Balaban J connectivity index is 3.04. The van der Waals surface area contributed by atoms with Gasteiger partial charge in [-0.25, -0.2) is 0 Å². The Kier molecular flexibility index (Phi) is 4.97. The van der Waals surface area contributed by atoms with Gasteiger partial charge in [0.05, 0.1) is 0 Å². The molecule has 0 aliphatic rings. The molecule has 0 spiro atoms. The average molecular weight is 235 g/mol. The number of para-hydroxylation sites is 1. The van der Waals surface area contributed by atoms with Crippen molar-refractivity contribution in [1.82, 2.24) is 0 Å². The lowest BCUT2D eigenvalue weighted by Gasteiger charge is -2.30. The quantitative estimate of drug-likeness (QED) is 0.517. The summed E-state index contributed by atoms with van der Waals surface area (Å²) < 4.78 is 0. The Morgan fingerprint density at radius 2 is 2.06 bits per heavy atom. The molecule has 1 aromatic carbocycles. The number of nitrogens with zero attached hydrogens (tertiary/aromatic N) is 1. The standard InChI is InChI=1S/C13H21N3O/c1-10(2)16(8-5-9-17)12-7-4-3-6-11(12)13(14)15/h3-4,6-7,10,17H,5,8-9H2,1-2H3,(H3,14,15). The van der Waals surface area contributed by atoms with E-state index in [1.165, 1.54) is 0 Å². The summed E-state index contributed by atoms with van der Waals surface area (Å²) in [5, 5.41) is 16.5. The van der Waals surface area contributed by atoms with Crippen LogP contribution in [0, 0.1) is 5.41 Å². The maximum atomic E-state index is 8.93. The fourth-order valence-electron chi connectivity index (χ4n) is 1.85. The molecular weight excluding hydrogens is 214 g/mol. The molecule has 0 heterocycles. The van der Waals surface area contributed by atoms with E-state index in [4.69, 9.17) is 16.2 Å². The van der Waals surface area contributed by atoms with Gasteiger partial charge in [0.1, 0.15) is 5.84 Å². The Labute approximate surface area is 103 Å². The molecule has 0 radical (unpaired) electrons. The smallest absolute Gasteiger partial charge is 0.124 e. The van der Waals surface area contributed by atoms with E-state index in [0.29, 0.717) is 12.5 Å². The molecule has 4 heteroatoms. The van der Waals surface area contributed by atoms with Crippen LogP contribution in [-0.4, -0.2) is 30.1 Å². The summed E-state index contributed by atoms with van der Waals surface area (Å²) in [5.41, 5.74) is 7.30. The molecule has 17 heavy (non-hydrogen) atoms. The zero-order chi connectivity index (χ0) is 12.8. The van der Waals surface area contributed by atoms with Crippen molar-refractivity contribution < 1.29 is 5.11 Å². The zero-order valence-corrected chi connectivity index (χ0v) is 10.5. The molecule has 94 valence electrons. The molecule has 0 fully saturated rings. The minimum atomic E-state index is 0.0789. The maximum absolute atomic E-state index is 8.93. The third-order valence-electron chi connectivity index (χ3n) is 2.68. The average Bonchev–Trinajstić information content (AvgIpc) is 2.29. The van der Waals surface area contributed by atoms with Crippen molar-refractivity contribution in [2.45, 2.75) is 26.3 Å². The lowest BCUT2D eigenvalue weighted by molar-refractivity contribution is 0.288. The highest BCUT2D eigenvalue weighted by Gasteiger charge is 2.14. The molecule has 0 amide bonds. The Bertz CT molecular complexity index is 377. The number of nitrogens with two attached hydrogens (primary N) is 1. The van der Waals surface area contributed by atoms with Gasteiger partial charge in [-0.15, -0.1) is 0 Å². The normalized spacial score (nSPS) is 10.6. The predicted molar refractivity (Wildman–Crippen MR) is 71.6 cm³/mol. The number of amidine groups is 1. The van der Waals surface area contributed by atoms with Crippen LogP contribution in [0.2, 0.25) is 0 Å². The summed E-state index contributed by atoms with van der Waals surface area (Å²) in [6.07, 6.45) is 0.713. The summed E-state index contributed by atoms with van der Waals surface area (Å²) in [6.45, 7) is 5.12. The first kappa shape index (κ1) is 13.5. The number of rotatable bonds is 6. The van der Waals surface area contributed by atoms with E-state index in [1.807, 2.05) is 24.3 Å². The first-order valence-corrected chi connectivity index (χ1v) is 5.88. The molecule has 1 rings (SSSR count). The molecule has 0 unspecified atom stereocenters. The number of anilines is 1. The van der Waals surface area contributed by atoms with Crippen LogP contribution in [0.3, 0.4) is 0 Å². The predicted octanol–water partition coefficient (Wildman–Crippen LogP) is 1.57. The van der Waals surface area contributed by atoms with Crippen molar-refractivity contribution in [3.63, 3.8) is 0 Å². The zero-order valence-electron chi connectivity index (χ0n) is 10.5. The Hall–Kier alpha value is -1.55. The first-order valence-electron chi connectivity index (χ1n) is 5.88. The van der Waals surface area contributed by atoms with E-state index >= 15 is 0 Å². The van der Waals surface area contributed by atoms with Gasteiger partial charge in [-0.1, -0.05) is 12.1 Å². The molecule has 1 aromatic rings. The lowest BCUT2D eigenvalue weighted by atomic mass is 10.1. The molecule has 4 N–H and O–H groups in total. The van der Waals surface area contributed by atoms with Gasteiger partial charge in [0.15, 0.2) is 0 Å². The monoisotopic (exact) mass is 235 g/mol. The van der Waals surface area contributed by atoms with Crippen LogP contribution in [0.4, 0.5) is 5.69 Å². The van der Waals surface area contributed by atoms with Crippen LogP contribution in [-0.2, 0) is 0 Å². The number of nitrogen functional groups attached to an aromatic ring is 1. The number of aliphatic hydroxyl groups is 1. The fourth-order valence-corrected chi connectivity index (χ4v) is 1.85. The minimum absolute atomic E-state index is 0.0789. The van der Waals surface area contributed by atoms with Gasteiger partial charge in [-0.2, -0.15) is 0 Å². The maximum Gasteiger partial charge on any atom is 0.124 e. The molecule has 4 nitrogen and oxygen atoms in total. The second-order valence-corrected chi connectivity index (χ2v) is 4.30. The lowest BCUT2D eigenvalue weighted by Crippen LogP contribution is -2.34. The summed E-state index contributed by atoms with van der Waals surface area (Å²) in [6, 6.07) is 7.95. The Morgan fingerprint density at radius 1 is 1.41 bits per heavy atom. The van der Waals surface area contributed by atoms with Crippen LogP contribution in [0.25, 0.3) is 0 Å². The highest BCUT2D eigenvalue weighted by molar-refractivity contribution is 6.00. The van der Waals surface area contributed by atoms with Crippen molar-refractivity contribution >= 4 is 11.5 Å². The van der Waals surface area contributed by atoms with Crippen LogP contribution in [0.5, 0.6) is 0 Å². The van der Waals surface area contributed by atoms with Gasteiger partial charge >= 0.3 is 0 Å². The van der Waals surface area contributed by atoms with Crippen molar-refractivity contribution in [2.75, 3.05) is 18.1 Å². The molecule has 0 saturated heterocycles. The van der Waals surface area contributed by atoms with Crippen molar-refractivity contribution in [3.8, 4) is 0 Å². The second-order valence-electron chi connectivity index (χ2n) is 4.30. The highest BCUT2D eigenvalue weighted by atomic mass is 16.3. The molecule has 0 aliphatic heterocycles. The van der Waals surface area contributed by atoms with E-state index in [9.17, 15) is 0 Å². The van der Waals surface area contributed by atoms with E-state index in [1.54, 1.807) is 0 Å². The third kappa shape index (κ3) is 3.46. The van der Waals surface area contributed by atoms with Crippen molar-refractivity contribution in [3.05, 3.63) is 29.8 Å². The number of benzene rings is 1. The summed E-state index contributed by atoms with van der Waals surface area (Å²) in [4.78, 5) is 2.16. The third-order valence-corrected chi connectivity index (χ3v) is 2.68.